The molecule has 0 spiro atoms. The Labute approximate surface area is 81.1 Å². The van der Waals surface area contributed by atoms with Crippen LogP contribution >= 0.6 is 34.8 Å². The normalized spacial score (nSPS) is 11.5. The summed E-state index contributed by atoms with van der Waals surface area (Å²) in [7, 11) is 0. The molecule has 0 heterocycles. The molecule has 60 valence electrons. The second-order valence-corrected chi connectivity index (χ2v) is 4.79. The number of benzene rings is 1. The Bertz CT molecular complexity index is 213. The van der Waals surface area contributed by atoms with Gasteiger partial charge in [-0.2, -0.15) is 0 Å². The van der Waals surface area contributed by atoms with E-state index in [2.05, 4.69) is 0 Å². The van der Waals surface area contributed by atoms with Crippen LogP contribution in [-0.2, 0) is 6.42 Å². The quantitative estimate of drug-likeness (QED) is 0.620. The molecule has 0 fully saturated rings. The number of hydrogen-bond acceptors (Lipinski definition) is 0. The summed E-state index contributed by atoms with van der Waals surface area (Å²) in [6.45, 7) is 0. The highest BCUT2D eigenvalue weighted by Gasteiger charge is 2.19. The van der Waals surface area contributed by atoms with Crippen molar-refractivity contribution in [2.24, 2.45) is 0 Å². The molecule has 0 bridgehead atoms. The maximum absolute atomic E-state index is 5.60. The van der Waals surface area contributed by atoms with Crippen LogP contribution in [0.4, 0.5) is 0 Å². The average molecular weight is 210 g/mol. The third kappa shape index (κ3) is 3.85. The minimum atomic E-state index is -1.18. The van der Waals surface area contributed by atoms with Crippen LogP contribution in [-0.4, -0.2) is 3.79 Å². The number of rotatable bonds is 1. The van der Waals surface area contributed by atoms with E-state index in [1.54, 1.807) is 0 Å². The van der Waals surface area contributed by atoms with Crippen LogP contribution in [0.5, 0.6) is 0 Å². The van der Waals surface area contributed by atoms with Gasteiger partial charge in [0.25, 0.3) is 0 Å². The van der Waals surface area contributed by atoms with Gasteiger partial charge in [0.15, 0.2) is 3.79 Å². The number of alkyl halides is 3. The van der Waals surface area contributed by atoms with E-state index >= 15 is 0 Å². The number of halogens is 3. The lowest BCUT2D eigenvalue weighted by molar-refractivity contribution is 1.02. The predicted molar refractivity (Wildman–Crippen MR) is 50.4 cm³/mol. The Morgan fingerprint density at radius 3 is 2.00 bits per heavy atom. The summed E-state index contributed by atoms with van der Waals surface area (Å²) in [6.07, 6.45) is 0.457. The monoisotopic (exact) mass is 208 g/mol. The maximum Gasteiger partial charge on any atom is 0.194 e. The molecule has 0 saturated carbocycles. The summed E-state index contributed by atoms with van der Waals surface area (Å²) in [5.41, 5.74) is 1.03. The lowest BCUT2D eigenvalue weighted by atomic mass is 10.2. The molecule has 0 aliphatic heterocycles. The van der Waals surface area contributed by atoms with Crippen molar-refractivity contribution in [1.82, 2.24) is 0 Å². The molecular formula is C8H7Cl3. The van der Waals surface area contributed by atoms with Gasteiger partial charge in [-0.1, -0.05) is 65.1 Å². The van der Waals surface area contributed by atoms with Gasteiger partial charge in [0.2, 0.25) is 0 Å². The highest BCUT2D eigenvalue weighted by atomic mass is 35.6. The van der Waals surface area contributed by atoms with Crippen molar-refractivity contribution in [1.29, 1.82) is 0 Å². The smallest absolute Gasteiger partial charge is 0.0833 e. The summed E-state index contributed by atoms with van der Waals surface area (Å²) in [5.74, 6) is 0. The van der Waals surface area contributed by atoms with Crippen LogP contribution in [0.2, 0.25) is 0 Å². The zero-order valence-corrected chi connectivity index (χ0v) is 8.00. The molecule has 0 aliphatic carbocycles. The van der Waals surface area contributed by atoms with Crippen LogP contribution in [0.25, 0.3) is 0 Å². The van der Waals surface area contributed by atoms with E-state index in [1.807, 2.05) is 30.3 Å². The second kappa shape index (κ2) is 3.66. The molecule has 0 atom stereocenters. The summed E-state index contributed by atoms with van der Waals surface area (Å²) < 4.78 is -1.18. The van der Waals surface area contributed by atoms with E-state index in [1.165, 1.54) is 0 Å². The second-order valence-electron chi connectivity index (χ2n) is 2.28. The van der Waals surface area contributed by atoms with Gasteiger partial charge in [-0.25, -0.2) is 0 Å². The van der Waals surface area contributed by atoms with Crippen molar-refractivity contribution in [3.8, 4) is 0 Å². The molecule has 1 aromatic carbocycles. The van der Waals surface area contributed by atoms with E-state index in [-0.39, 0.29) is 0 Å². The molecule has 0 amide bonds. The van der Waals surface area contributed by atoms with Gasteiger partial charge in [0, 0.05) is 6.42 Å². The minimum Gasteiger partial charge on any atom is -0.0833 e. The molecule has 0 aromatic heterocycles. The molecule has 3 heteroatoms. The first-order valence-electron chi connectivity index (χ1n) is 3.18. The Balaban J connectivity index is 2.66. The molecule has 0 N–H and O–H groups in total. The molecular weight excluding hydrogens is 202 g/mol. The van der Waals surface area contributed by atoms with Crippen molar-refractivity contribution in [2.45, 2.75) is 10.2 Å². The van der Waals surface area contributed by atoms with Crippen LogP contribution in [0, 0.1) is 0 Å². The zero-order chi connectivity index (χ0) is 8.32. The van der Waals surface area contributed by atoms with Crippen molar-refractivity contribution < 1.29 is 0 Å². The van der Waals surface area contributed by atoms with Gasteiger partial charge in [0.1, 0.15) is 0 Å². The first-order chi connectivity index (χ1) is 5.08. The van der Waals surface area contributed by atoms with Crippen LogP contribution < -0.4 is 0 Å². The highest BCUT2D eigenvalue weighted by molar-refractivity contribution is 6.67. The van der Waals surface area contributed by atoms with E-state index in [0.717, 1.165) is 5.56 Å². The van der Waals surface area contributed by atoms with Crippen molar-refractivity contribution in [3.63, 3.8) is 0 Å². The van der Waals surface area contributed by atoms with E-state index in [0.29, 0.717) is 6.42 Å². The fourth-order valence-electron chi connectivity index (χ4n) is 0.827. The molecule has 0 radical (unpaired) electrons. The molecule has 0 nitrogen and oxygen atoms in total. The highest BCUT2D eigenvalue weighted by Crippen LogP contribution is 2.29. The lowest BCUT2D eigenvalue weighted by Crippen LogP contribution is -2.06. The fraction of sp³-hybridized carbons (Fsp3) is 0.250. The summed E-state index contributed by atoms with van der Waals surface area (Å²) >= 11 is 16.8. The lowest BCUT2D eigenvalue weighted by Gasteiger charge is -2.09. The largest absolute Gasteiger partial charge is 0.194 e. The van der Waals surface area contributed by atoms with Gasteiger partial charge in [0.05, 0.1) is 0 Å². The zero-order valence-electron chi connectivity index (χ0n) is 5.73. The van der Waals surface area contributed by atoms with Gasteiger partial charge >= 0.3 is 0 Å². The third-order valence-corrected chi connectivity index (χ3v) is 1.65. The van der Waals surface area contributed by atoms with Gasteiger partial charge in [-0.05, 0) is 5.56 Å². The SMILES string of the molecule is ClC(Cl)(Cl)Cc1ccccc1. The van der Waals surface area contributed by atoms with E-state index in [9.17, 15) is 0 Å². The van der Waals surface area contributed by atoms with Crippen LogP contribution in [0.3, 0.4) is 0 Å². The number of hydrogen-bond donors (Lipinski definition) is 0. The summed E-state index contributed by atoms with van der Waals surface area (Å²) in [5, 5.41) is 0. The molecule has 1 rings (SSSR count). The molecule has 1 aromatic rings. The average Bonchev–Trinajstić information content (AvgIpc) is 1.85. The Morgan fingerprint density at radius 1 is 1.00 bits per heavy atom. The topological polar surface area (TPSA) is 0 Å². The first-order valence-corrected chi connectivity index (χ1v) is 4.32. The first kappa shape index (κ1) is 9.18. The molecule has 11 heavy (non-hydrogen) atoms. The van der Waals surface area contributed by atoms with Crippen molar-refractivity contribution in [2.75, 3.05) is 0 Å². The Morgan fingerprint density at radius 2 is 1.55 bits per heavy atom. The Hall–Kier alpha value is 0.0900. The standard InChI is InChI=1S/C8H7Cl3/c9-8(10,11)6-7-4-2-1-3-5-7/h1-5H,6H2. The molecule has 0 saturated heterocycles. The fourth-order valence-corrected chi connectivity index (χ4v) is 1.29. The maximum atomic E-state index is 5.60. The molecule has 0 unspecified atom stereocenters. The summed E-state index contributed by atoms with van der Waals surface area (Å²) in [6, 6.07) is 9.64. The predicted octanol–water partition coefficient (Wildman–Crippen LogP) is 3.60. The van der Waals surface area contributed by atoms with Gasteiger partial charge < -0.3 is 0 Å². The van der Waals surface area contributed by atoms with Gasteiger partial charge in [-0.15, -0.1) is 0 Å². The third-order valence-electron chi connectivity index (χ3n) is 1.25. The summed E-state index contributed by atoms with van der Waals surface area (Å²) in [4.78, 5) is 0. The van der Waals surface area contributed by atoms with Crippen LogP contribution in [0.15, 0.2) is 30.3 Å². The Kier molecular flexibility index (Phi) is 3.06. The van der Waals surface area contributed by atoms with Gasteiger partial charge in [-0.3, -0.25) is 0 Å². The van der Waals surface area contributed by atoms with Crippen molar-refractivity contribution in [3.05, 3.63) is 35.9 Å². The van der Waals surface area contributed by atoms with E-state index < -0.39 is 3.79 Å². The minimum absolute atomic E-state index is 0.457. The van der Waals surface area contributed by atoms with Crippen LogP contribution in [0.1, 0.15) is 5.56 Å². The molecule has 0 aliphatic rings. The van der Waals surface area contributed by atoms with Crippen molar-refractivity contribution >= 4 is 34.8 Å². The van der Waals surface area contributed by atoms with E-state index in [4.69, 9.17) is 34.8 Å².